The molecule has 36 heavy (non-hydrogen) atoms. The van der Waals surface area contributed by atoms with E-state index in [0.717, 1.165) is 15.8 Å². The summed E-state index contributed by atoms with van der Waals surface area (Å²) < 4.78 is 7.68. The van der Waals surface area contributed by atoms with Crippen LogP contribution < -0.4 is 20.9 Å². The first-order valence-electron chi connectivity index (χ1n) is 11.8. The average molecular weight is 486 g/mol. The SMILES string of the molecule is COc1ccc(Cn2c(=O)c3ncccc3n(CC(=O)N3CCN(c4ccccc4)CC3)c2=O)cc1. The first-order valence-corrected chi connectivity index (χ1v) is 11.8. The van der Waals surface area contributed by atoms with Crippen molar-refractivity contribution in [1.82, 2.24) is 19.0 Å². The molecule has 9 heteroatoms. The third kappa shape index (κ3) is 4.59. The van der Waals surface area contributed by atoms with E-state index in [1.54, 1.807) is 48.4 Å². The number of pyridine rings is 1. The molecule has 1 aliphatic rings. The number of aromatic nitrogens is 3. The second-order valence-corrected chi connectivity index (χ2v) is 8.68. The largest absolute Gasteiger partial charge is 0.497 e. The van der Waals surface area contributed by atoms with Crippen LogP contribution in [0.15, 0.2) is 82.5 Å². The van der Waals surface area contributed by atoms with Gasteiger partial charge in [-0.3, -0.25) is 18.7 Å². The Bertz CT molecular complexity index is 1490. The molecule has 0 saturated carbocycles. The van der Waals surface area contributed by atoms with E-state index in [2.05, 4.69) is 22.0 Å². The van der Waals surface area contributed by atoms with Crippen LogP contribution in [0.4, 0.5) is 5.69 Å². The molecule has 3 heterocycles. The van der Waals surface area contributed by atoms with Crippen molar-refractivity contribution in [1.29, 1.82) is 0 Å². The van der Waals surface area contributed by atoms with Gasteiger partial charge < -0.3 is 14.5 Å². The number of hydrogen-bond acceptors (Lipinski definition) is 6. The van der Waals surface area contributed by atoms with E-state index in [9.17, 15) is 14.4 Å². The van der Waals surface area contributed by atoms with Gasteiger partial charge in [0, 0.05) is 38.1 Å². The molecular weight excluding hydrogens is 458 g/mol. The number of nitrogens with zero attached hydrogens (tertiary/aromatic N) is 5. The van der Waals surface area contributed by atoms with E-state index in [1.807, 2.05) is 18.2 Å². The van der Waals surface area contributed by atoms with E-state index >= 15 is 0 Å². The Hall–Kier alpha value is -4.40. The van der Waals surface area contributed by atoms with E-state index < -0.39 is 11.2 Å². The lowest BCUT2D eigenvalue weighted by Gasteiger charge is -2.36. The number of hydrogen-bond donors (Lipinski definition) is 0. The Labute approximate surface area is 207 Å². The maximum Gasteiger partial charge on any atom is 0.332 e. The Morgan fingerprint density at radius 2 is 1.61 bits per heavy atom. The number of carbonyl (C=O) groups excluding carboxylic acids is 1. The third-order valence-electron chi connectivity index (χ3n) is 6.53. The summed E-state index contributed by atoms with van der Waals surface area (Å²) >= 11 is 0. The van der Waals surface area contributed by atoms with Crippen LogP contribution in [0.3, 0.4) is 0 Å². The maximum absolute atomic E-state index is 13.5. The number of methoxy groups -OCH3 is 1. The van der Waals surface area contributed by atoms with Gasteiger partial charge in [-0.2, -0.15) is 0 Å². The summed E-state index contributed by atoms with van der Waals surface area (Å²) in [6.07, 6.45) is 1.51. The first kappa shape index (κ1) is 23.3. The van der Waals surface area contributed by atoms with Crippen LogP contribution in [0, 0.1) is 0 Å². The highest BCUT2D eigenvalue weighted by Gasteiger charge is 2.23. The summed E-state index contributed by atoms with van der Waals surface area (Å²) in [4.78, 5) is 48.1. The maximum atomic E-state index is 13.5. The molecule has 1 aliphatic heterocycles. The third-order valence-corrected chi connectivity index (χ3v) is 6.53. The predicted octanol–water partition coefficient (Wildman–Crippen LogP) is 1.96. The summed E-state index contributed by atoms with van der Waals surface area (Å²) in [5, 5.41) is 0. The van der Waals surface area contributed by atoms with E-state index in [0.29, 0.717) is 37.4 Å². The van der Waals surface area contributed by atoms with Crippen molar-refractivity contribution in [2.75, 3.05) is 38.2 Å². The lowest BCUT2D eigenvalue weighted by molar-refractivity contribution is -0.132. The molecule has 5 rings (SSSR count). The van der Waals surface area contributed by atoms with Crippen LogP contribution in [0.25, 0.3) is 11.0 Å². The van der Waals surface area contributed by atoms with Gasteiger partial charge in [-0.15, -0.1) is 0 Å². The molecule has 0 unspecified atom stereocenters. The fourth-order valence-corrected chi connectivity index (χ4v) is 4.54. The summed E-state index contributed by atoms with van der Waals surface area (Å²) in [5.41, 5.74) is 1.39. The molecule has 2 aromatic carbocycles. The van der Waals surface area contributed by atoms with Crippen molar-refractivity contribution in [3.05, 3.63) is 99.3 Å². The Balaban J connectivity index is 1.41. The number of para-hydroxylation sites is 1. The molecule has 0 bridgehead atoms. The second kappa shape index (κ2) is 10.1. The zero-order valence-electron chi connectivity index (χ0n) is 20.0. The molecule has 2 aromatic heterocycles. The van der Waals surface area contributed by atoms with Crippen molar-refractivity contribution in [2.45, 2.75) is 13.1 Å². The highest BCUT2D eigenvalue weighted by molar-refractivity contribution is 5.80. The second-order valence-electron chi connectivity index (χ2n) is 8.68. The molecule has 0 spiro atoms. The Morgan fingerprint density at radius 3 is 2.31 bits per heavy atom. The number of anilines is 1. The minimum atomic E-state index is -0.535. The van der Waals surface area contributed by atoms with Gasteiger partial charge in [0.1, 0.15) is 12.3 Å². The van der Waals surface area contributed by atoms with Crippen molar-refractivity contribution in [2.24, 2.45) is 0 Å². The molecule has 0 radical (unpaired) electrons. The standard InChI is InChI=1S/C27H27N5O4/c1-36-22-11-9-20(10-12-22)18-32-26(34)25-23(8-5-13-28-25)31(27(32)35)19-24(33)30-16-14-29(15-17-30)21-6-3-2-4-7-21/h2-13H,14-19H2,1H3. The van der Waals surface area contributed by atoms with Gasteiger partial charge in [0.25, 0.3) is 5.56 Å². The van der Waals surface area contributed by atoms with Gasteiger partial charge in [0.2, 0.25) is 5.91 Å². The Kier molecular flexibility index (Phi) is 6.53. The normalized spacial score (nSPS) is 13.7. The summed E-state index contributed by atoms with van der Waals surface area (Å²) in [7, 11) is 1.58. The number of benzene rings is 2. The van der Waals surface area contributed by atoms with Crippen molar-refractivity contribution >= 4 is 22.6 Å². The van der Waals surface area contributed by atoms with Gasteiger partial charge in [-0.1, -0.05) is 30.3 Å². The van der Waals surface area contributed by atoms with Crippen molar-refractivity contribution in [3.8, 4) is 5.75 Å². The molecule has 9 nitrogen and oxygen atoms in total. The summed E-state index contributed by atoms with van der Waals surface area (Å²) in [6.45, 7) is 2.45. The lowest BCUT2D eigenvalue weighted by Crippen LogP contribution is -2.51. The van der Waals surface area contributed by atoms with Gasteiger partial charge in [-0.25, -0.2) is 9.78 Å². The lowest BCUT2D eigenvalue weighted by atomic mass is 10.2. The number of ether oxygens (including phenoxy) is 1. The molecule has 0 N–H and O–H groups in total. The Morgan fingerprint density at radius 1 is 0.889 bits per heavy atom. The zero-order valence-corrected chi connectivity index (χ0v) is 20.0. The number of fused-ring (bicyclic) bond motifs is 1. The van der Waals surface area contributed by atoms with Crippen LogP contribution >= 0.6 is 0 Å². The predicted molar refractivity (Wildman–Crippen MR) is 138 cm³/mol. The minimum absolute atomic E-state index is 0.0676. The number of carbonyl (C=O) groups is 1. The zero-order chi connectivity index (χ0) is 25.1. The van der Waals surface area contributed by atoms with E-state index in [-0.39, 0.29) is 24.5 Å². The van der Waals surface area contributed by atoms with Gasteiger partial charge in [-0.05, 0) is 42.0 Å². The number of piperazine rings is 1. The number of rotatable bonds is 6. The molecule has 0 aliphatic carbocycles. The molecular formula is C27H27N5O4. The molecule has 1 fully saturated rings. The van der Waals surface area contributed by atoms with Crippen LogP contribution in [0.1, 0.15) is 5.56 Å². The highest BCUT2D eigenvalue weighted by Crippen LogP contribution is 2.16. The molecule has 1 amide bonds. The van der Waals surface area contributed by atoms with Crippen molar-refractivity contribution in [3.63, 3.8) is 0 Å². The summed E-state index contributed by atoms with van der Waals surface area (Å²) in [5.74, 6) is 0.520. The smallest absolute Gasteiger partial charge is 0.332 e. The van der Waals surface area contributed by atoms with Gasteiger partial charge in [0.15, 0.2) is 5.52 Å². The van der Waals surface area contributed by atoms with Crippen LogP contribution in [-0.2, 0) is 17.9 Å². The summed E-state index contributed by atoms with van der Waals surface area (Å²) in [6, 6.07) is 20.6. The van der Waals surface area contributed by atoms with Crippen LogP contribution in [-0.4, -0.2) is 58.2 Å². The monoisotopic (exact) mass is 485 g/mol. The van der Waals surface area contributed by atoms with Crippen LogP contribution in [0.5, 0.6) is 5.75 Å². The van der Waals surface area contributed by atoms with E-state index in [4.69, 9.17) is 4.74 Å². The van der Waals surface area contributed by atoms with Gasteiger partial charge in [0.05, 0.1) is 19.2 Å². The molecule has 4 aromatic rings. The van der Waals surface area contributed by atoms with E-state index in [1.165, 1.54) is 10.8 Å². The molecule has 184 valence electrons. The van der Waals surface area contributed by atoms with Crippen LogP contribution in [0.2, 0.25) is 0 Å². The fraction of sp³-hybridized carbons (Fsp3) is 0.259. The highest BCUT2D eigenvalue weighted by atomic mass is 16.5. The fourth-order valence-electron chi connectivity index (χ4n) is 4.54. The minimum Gasteiger partial charge on any atom is -0.497 e. The number of amides is 1. The van der Waals surface area contributed by atoms with Gasteiger partial charge >= 0.3 is 5.69 Å². The molecule has 0 atom stereocenters. The molecule has 1 saturated heterocycles. The average Bonchev–Trinajstić information content (AvgIpc) is 2.94. The van der Waals surface area contributed by atoms with Crippen molar-refractivity contribution < 1.29 is 9.53 Å². The quantitative estimate of drug-likeness (QED) is 0.415. The topological polar surface area (TPSA) is 89.7 Å². The first-order chi connectivity index (χ1) is 17.5.